The van der Waals surface area contributed by atoms with Gasteiger partial charge in [0.15, 0.2) is 0 Å². The second-order valence-electron chi connectivity index (χ2n) is 5.01. The number of ether oxygens (including phenoxy) is 1. The third kappa shape index (κ3) is 6.21. The summed E-state index contributed by atoms with van der Waals surface area (Å²) in [6.07, 6.45) is 2.20. The van der Waals surface area contributed by atoms with Gasteiger partial charge in [0, 0.05) is 31.1 Å². The van der Waals surface area contributed by atoms with Gasteiger partial charge < -0.3 is 15.0 Å². The Morgan fingerprint density at radius 2 is 2.09 bits per heavy atom. The number of benzene rings is 1. The highest BCUT2D eigenvalue weighted by molar-refractivity contribution is 6.35. The van der Waals surface area contributed by atoms with Gasteiger partial charge in [-0.3, -0.25) is 4.79 Å². The molecule has 4 nitrogen and oxygen atoms in total. The van der Waals surface area contributed by atoms with E-state index in [9.17, 15) is 4.79 Å². The summed E-state index contributed by atoms with van der Waals surface area (Å²) in [5, 5.41) is 4.36. The zero-order valence-electron chi connectivity index (χ0n) is 12.3. The largest absolute Gasteiger partial charge is 0.492 e. The molecular formula is C15H21Cl3N2O2. The average Bonchev–Trinajstić information content (AvgIpc) is 2.74. The zero-order chi connectivity index (χ0) is 15.1. The minimum Gasteiger partial charge on any atom is -0.492 e. The molecule has 0 unspecified atom stereocenters. The fourth-order valence-electron chi connectivity index (χ4n) is 2.25. The Labute approximate surface area is 147 Å². The van der Waals surface area contributed by atoms with Crippen molar-refractivity contribution in [3.8, 4) is 5.75 Å². The number of hydrogen-bond acceptors (Lipinski definition) is 3. The summed E-state index contributed by atoms with van der Waals surface area (Å²) in [6, 6.07) is 5.12. The Bertz CT molecular complexity index is 478. The average molecular weight is 368 g/mol. The molecule has 1 aliphatic rings. The molecule has 1 heterocycles. The molecule has 0 aromatic heterocycles. The van der Waals surface area contributed by atoms with Gasteiger partial charge in [-0.1, -0.05) is 23.2 Å². The van der Waals surface area contributed by atoms with E-state index in [1.54, 1.807) is 18.2 Å². The first-order valence-electron chi connectivity index (χ1n) is 7.23. The van der Waals surface area contributed by atoms with Gasteiger partial charge in [0.05, 0.1) is 11.6 Å². The van der Waals surface area contributed by atoms with Gasteiger partial charge in [-0.15, -0.1) is 12.4 Å². The molecule has 1 N–H and O–H groups in total. The summed E-state index contributed by atoms with van der Waals surface area (Å²) in [6.45, 7) is 3.97. The molecule has 0 saturated carbocycles. The minimum atomic E-state index is 0. The Morgan fingerprint density at radius 3 is 2.86 bits per heavy atom. The van der Waals surface area contributed by atoms with Crippen molar-refractivity contribution in [2.24, 2.45) is 0 Å². The number of nitrogens with zero attached hydrogens (tertiary/aromatic N) is 1. The number of halogens is 3. The van der Waals surface area contributed by atoms with Gasteiger partial charge in [0.2, 0.25) is 5.91 Å². The number of nitrogens with one attached hydrogen (secondary N) is 1. The van der Waals surface area contributed by atoms with Crippen LogP contribution >= 0.6 is 35.6 Å². The number of hydrogen-bond donors (Lipinski definition) is 1. The molecule has 1 saturated heterocycles. The van der Waals surface area contributed by atoms with Crippen LogP contribution in [0.4, 0.5) is 0 Å². The molecule has 0 bridgehead atoms. The third-order valence-corrected chi connectivity index (χ3v) is 3.91. The molecule has 1 aliphatic heterocycles. The standard InChI is InChI=1S/C15H20Cl2N2O2.ClH/c16-12-4-5-14(13(17)11-12)21-10-1-3-15(20)19-8-2-6-18-7-9-19;/h4-5,11,18H,1-3,6-10H2;1H. The summed E-state index contributed by atoms with van der Waals surface area (Å²) >= 11 is 11.8. The van der Waals surface area contributed by atoms with E-state index in [1.807, 2.05) is 4.90 Å². The van der Waals surface area contributed by atoms with Gasteiger partial charge >= 0.3 is 0 Å². The number of rotatable bonds is 5. The Kier molecular flexibility index (Phi) is 8.95. The van der Waals surface area contributed by atoms with Crippen LogP contribution in [0.25, 0.3) is 0 Å². The SMILES string of the molecule is Cl.O=C(CCCOc1ccc(Cl)cc1Cl)N1CCCNCC1. The summed E-state index contributed by atoms with van der Waals surface area (Å²) in [7, 11) is 0. The lowest BCUT2D eigenvalue weighted by atomic mass is 10.2. The fraction of sp³-hybridized carbons (Fsp3) is 0.533. The van der Waals surface area contributed by atoms with Crippen molar-refractivity contribution in [3.63, 3.8) is 0 Å². The molecule has 0 atom stereocenters. The van der Waals surface area contributed by atoms with Crippen LogP contribution < -0.4 is 10.1 Å². The number of carbonyl (C=O) groups excluding carboxylic acids is 1. The fourth-order valence-corrected chi connectivity index (χ4v) is 2.71. The molecule has 7 heteroatoms. The van der Waals surface area contributed by atoms with Gasteiger partial charge in [-0.05, 0) is 37.6 Å². The van der Waals surface area contributed by atoms with E-state index in [0.717, 1.165) is 32.6 Å². The van der Waals surface area contributed by atoms with Crippen LogP contribution in [0.5, 0.6) is 5.75 Å². The van der Waals surface area contributed by atoms with Crippen molar-refractivity contribution in [3.05, 3.63) is 28.2 Å². The quantitative estimate of drug-likeness (QED) is 0.811. The first-order chi connectivity index (χ1) is 10.2. The third-order valence-electron chi connectivity index (χ3n) is 3.38. The van der Waals surface area contributed by atoms with E-state index in [2.05, 4.69) is 5.32 Å². The van der Waals surface area contributed by atoms with E-state index in [1.165, 1.54) is 0 Å². The first kappa shape index (κ1) is 19.4. The maximum absolute atomic E-state index is 12.1. The number of amides is 1. The molecule has 1 amide bonds. The lowest BCUT2D eigenvalue weighted by Gasteiger charge is -2.19. The van der Waals surface area contributed by atoms with Crippen molar-refractivity contribution in [2.75, 3.05) is 32.8 Å². The highest BCUT2D eigenvalue weighted by atomic mass is 35.5. The van der Waals surface area contributed by atoms with Crippen LogP contribution in [0.15, 0.2) is 18.2 Å². The minimum absolute atomic E-state index is 0. The molecular weight excluding hydrogens is 347 g/mol. The molecule has 124 valence electrons. The lowest BCUT2D eigenvalue weighted by Crippen LogP contribution is -2.34. The molecule has 1 aromatic rings. The molecule has 0 radical (unpaired) electrons. The van der Waals surface area contributed by atoms with Crippen molar-refractivity contribution in [1.82, 2.24) is 10.2 Å². The Balaban J connectivity index is 0.00000242. The highest BCUT2D eigenvalue weighted by Crippen LogP contribution is 2.27. The summed E-state index contributed by atoms with van der Waals surface area (Å²) in [5.41, 5.74) is 0. The first-order valence-corrected chi connectivity index (χ1v) is 7.99. The van der Waals surface area contributed by atoms with Crippen LogP contribution in [-0.4, -0.2) is 43.6 Å². The van der Waals surface area contributed by atoms with Gasteiger partial charge in [0.1, 0.15) is 5.75 Å². The van der Waals surface area contributed by atoms with E-state index < -0.39 is 0 Å². The molecule has 2 rings (SSSR count). The monoisotopic (exact) mass is 366 g/mol. The van der Waals surface area contributed by atoms with E-state index in [4.69, 9.17) is 27.9 Å². The molecule has 0 spiro atoms. The Morgan fingerprint density at radius 1 is 1.27 bits per heavy atom. The molecule has 22 heavy (non-hydrogen) atoms. The van der Waals surface area contributed by atoms with E-state index >= 15 is 0 Å². The Hall–Kier alpha value is -0.680. The topological polar surface area (TPSA) is 41.6 Å². The molecule has 0 aliphatic carbocycles. The lowest BCUT2D eigenvalue weighted by molar-refractivity contribution is -0.131. The van der Waals surface area contributed by atoms with Crippen LogP contribution in [0.3, 0.4) is 0 Å². The molecule has 1 fully saturated rings. The van der Waals surface area contributed by atoms with E-state index in [0.29, 0.717) is 35.2 Å². The van der Waals surface area contributed by atoms with Crippen LogP contribution in [0, 0.1) is 0 Å². The second-order valence-corrected chi connectivity index (χ2v) is 5.85. The smallest absolute Gasteiger partial charge is 0.222 e. The van der Waals surface area contributed by atoms with Crippen molar-refractivity contribution in [1.29, 1.82) is 0 Å². The number of carbonyl (C=O) groups is 1. The summed E-state index contributed by atoms with van der Waals surface area (Å²) < 4.78 is 5.58. The van der Waals surface area contributed by atoms with Gasteiger partial charge in [-0.2, -0.15) is 0 Å². The summed E-state index contributed by atoms with van der Waals surface area (Å²) in [4.78, 5) is 14.0. The second kappa shape index (κ2) is 10.2. The van der Waals surface area contributed by atoms with Crippen molar-refractivity contribution in [2.45, 2.75) is 19.3 Å². The van der Waals surface area contributed by atoms with Gasteiger partial charge in [0.25, 0.3) is 0 Å². The van der Waals surface area contributed by atoms with E-state index in [-0.39, 0.29) is 18.3 Å². The van der Waals surface area contributed by atoms with Crippen LogP contribution in [0.1, 0.15) is 19.3 Å². The zero-order valence-corrected chi connectivity index (χ0v) is 14.6. The van der Waals surface area contributed by atoms with Crippen molar-refractivity contribution < 1.29 is 9.53 Å². The van der Waals surface area contributed by atoms with Gasteiger partial charge in [-0.25, -0.2) is 0 Å². The predicted octanol–water partition coefficient (Wildman–Crippen LogP) is 3.40. The van der Waals surface area contributed by atoms with Crippen LogP contribution in [-0.2, 0) is 4.79 Å². The highest BCUT2D eigenvalue weighted by Gasteiger charge is 2.14. The normalized spacial score (nSPS) is 14.9. The predicted molar refractivity (Wildman–Crippen MR) is 92.5 cm³/mol. The van der Waals surface area contributed by atoms with Crippen molar-refractivity contribution >= 4 is 41.5 Å². The summed E-state index contributed by atoms with van der Waals surface area (Å²) in [5.74, 6) is 0.803. The van der Waals surface area contributed by atoms with Crippen LogP contribution in [0.2, 0.25) is 10.0 Å². The maximum atomic E-state index is 12.1. The maximum Gasteiger partial charge on any atom is 0.222 e. The molecule has 1 aromatic carbocycles.